The molecule has 0 radical (unpaired) electrons. The summed E-state index contributed by atoms with van der Waals surface area (Å²) >= 11 is 0. The van der Waals surface area contributed by atoms with Crippen LogP contribution in [0.25, 0.3) is 0 Å². The van der Waals surface area contributed by atoms with E-state index in [2.05, 4.69) is 24.5 Å². The zero-order valence-electron chi connectivity index (χ0n) is 20.6. The molecule has 188 valence electrons. The average Bonchev–Trinajstić information content (AvgIpc) is 2.91. The van der Waals surface area contributed by atoms with Crippen LogP contribution < -0.4 is 20.1 Å². The van der Waals surface area contributed by atoms with E-state index in [0.29, 0.717) is 28.8 Å². The number of hydrogen-bond donors (Lipinski definition) is 2. The Morgan fingerprint density at radius 1 is 0.806 bits per heavy atom. The van der Waals surface area contributed by atoms with Crippen molar-refractivity contribution in [2.24, 2.45) is 0 Å². The van der Waals surface area contributed by atoms with Crippen molar-refractivity contribution < 1.29 is 28.6 Å². The van der Waals surface area contributed by atoms with Gasteiger partial charge in [0.1, 0.15) is 11.5 Å². The summed E-state index contributed by atoms with van der Waals surface area (Å²) in [7, 11) is 1.55. The first-order chi connectivity index (χ1) is 17.4. The van der Waals surface area contributed by atoms with Crippen LogP contribution in [0.15, 0.2) is 72.8 Å². The number of benzene rings is 3. The molecule has 0 aliphatic rings. The summed E-state index contributed by atoms with van der Waals surface area (Å²) in [6, 6.07) is 20.7. The second-order valence-corrected chi connectivity index (χ2v) is 8.15. The molecule has 3 rings (SSSR count). The van der Waals surface area contributed by atoms with E-state index in [-0.39, 0.29) is 18.1 Å². The van der Waals surface area contributed by atoms with Gasteiger partial charge in [-0.2, -0.15) is 0 Å². The van der Waals surface area contributed by atoms with Crippen molar-refractivity contribution in [2.45, 2.75) is 26.2 Å². The highest BCUT2D eigenvalue weighted by molar-refractivity contribution is 5.95. The van der Waals surface area contributed by atoms with Crippen LogP contribution in [-0.2, 0) is 14.3 Å². The maximum atomic E-state index is 12.3. The molecular formula is C28H30N2O6. The Hall–Kier alpha value is -4.33. The van der Waals surface area contributed by atoms with E-state index in [1.165, 1.54) is 17.7 Å². The molecule has 2 N–H and O–H groups in total. The van der Waals surface area contributed by atoms with Crippen molar-refractivity contribution in [1.29, 1.82) is 0 Å². The van der Waals surface area contributed by atoms with E-state index in [4.69, 9.17) is 14.2 Å². The Labute approximate surface area is 210 Å². The third kappa shape index (κ3) is 7.87. The zero-order valence-corrected chi connectivity index (χ0v) is 20.6. The van der Waals surface area contributed by atoms with Crippen LogP contribution in [0.1, 0.15) is 42.1 Å². The number of anilines is 2. The van der Waals surface area contributed by atoms with Crippen molar-refractivity contribution in [1.82, 2.24) is 0 Å². The number of carbonyl (C=O) groups excluding carboxylic acids is 3. The van der Waals surface area contributed by atoms with Gasteiger partial charge < -0.3 is 24.8 Å². The Bertz CT molecular complexity index is 1180. The molecule has 1 atom stereocenters. The van der Waals surface area contributed by atoms with Crippen LogP contribution in [0.3, 0.4) is 0 Å². The molecule has 3 aromatic carbocycles. The molecule has 0 aliphatic carbocycles. The van der Waals surface area contributed by atoms with Crippen LogP contribution in [0, 0.1) is 0 Å². The minimum atomic E-state index is -0.639. The third-order valence-electron chi connectivity index (χ3n) is 5.52. The molecule has 0 aromatic heterocycles. The van der Waals surface area contributed by atoms with Crippen LogP contribution in [0.4, 0.5) is 11.4 Å². The van der Waals surface area contributed by atoms with Crippen molar-refractivity contribution >= 4 is 29.2 Å². The fourth-order valence-corrected chi connectivity index (χ4v) is 3.28. The average molecular weight is 491 g/mol. The largest absolute Gasteiger partial charge is 0.497 e. The topological polar surface area (TPSA) is 103 Å². The summed E-state index contributed by atoms with van der Waals surface area (Å²) in [5.74, 6) is 0.0763. The summed E-state index contributed by atoms with van der Waals surface area (Å²) in [5, 5.41) is 5.43. The molecule has 0 heterocycles. The van der Waals surface area contributed by atoms with Gasteiger partial charge >= 0.3 is 5.97 Å². The lowest BCUT2D eigenvalue weighted by atomic mass is 9.99. The van der Waals surface area contributed by atoms with Gasteiger partial charge in [-0.15, -0.1) is 0 Å². The van der Waals surface area contributed by atoms with E-state index in [9.17, 15) is 14.4 Å². The van der Waals surface area contributed by atoms with E-state index < -0.39 is 18.5 Å². The third-order valence-corrected chi connectivity index (χ3v) is 5.52. The number of hydrogen-bond acceptors (Lipinski definition) is 6. The van der Waals surface area contributed by atoms with Crippen molar-refractivity contribution in [3.8, 4) is 11.5 Å². The molecule has 3 aromatic rings. The monoisotopic (exact) mass is 490 g/mol. The number of ether oxygens (including phenoxy) is 3. The van der Waals surface area contributed by atoms with Gasteiger partial charge in [0.05, 0.1) is 12.7 Å². The molecule has 0 bridgehead atoms. The number of amides is 2. The number of methoxy groups -OCH3 is 1. The fourth-order valence-electron chi connectivity index (χ4n) is 3.28. The Balaban J connectivity index is 1.42. The summed E-state index contributed by atoms with van der Waals surface area (Å²) in [5.41, 5.74) is 2.69. The summed E-state index contributed by atoms with van der Waals surface area (Å²) in [4.78, 5) is 36.5. The van der Waals surface area contributed by atoms with Crippen molar-refractivity contribution in [3.63, 3.8) is 0 Å². The van der Waals surface area contributed by atoms with Gasteiger partial charge in [-0.25, -0.2) is 4.79 Å². The second-order valence-electron chi connectivity index (χ2n) is 8.15. The van der Waals surface area contributed by atoms with Crippen LogP contribution in [-0.4, -0.2) is 38.1 Å². The van der Waals surface area contributed by atoms with Gasteiger partial charge in [0.2, 0.25) is 0 Å². The number of rotatable bonds is 11. The first kappa shape index (κ1) is 26.3. The van der Waals surface area contributed by atoms with Crippen LogP contribution >= 0.6 is 0 Å². The highest BCUT2D eigenvalue weighted by atomic mass is 16.5. The fraction of sp³-hybridized carbons (Fsp3) is 0.250. The van der Waals surface area contributed by atoms with Crippen molar-refractivity contribution in [2.75, 3.05) is 31.0 Å². The van der Waals surface area contributed by atoms with Gasteiger partial charge in [-0.1, -0.05) is 32.0 Å². The Kier molecular flexibility index (Phi) is 9.45. The SMILES string of the molecule is CCC(C)c1ccc(NC(=O)COC(=O)c2ccc(OCC(=O)Nc3cccc(OC)c3)cc2)cc1. The molecule has 2 amide bonds. The summed E-state index contributed by atoms with van der Waals surface area (Å²) in [6.45, 7) is 3.65. The Morgan fingerprint density at radius 3 is 2.14 bits per heavy atom. The molecule has 0 fully saturated rings. The maximum Gasteiger partial charge on any atom is 0.338 e. The van der Waals surface area contributed by atoms with Crippen LogP contribution in [0.2, 0.25) is 0 Å². The molecule has 36 heavy (non-hydrogen) atoms. The van der Waals surface area contributed by atoms with E-state index >= 15 is 0 Å². The maximum absolute atomic E-state index is 12.3. The van der Waals surface area contributed by atoms with Gasteiger partial charge in [0.15, 0.2) is 13.2 Å². The minimum absolute atomic E-state index is 0.209. The quantitative estimate of drug-likeness (QED) is 0.366. The highest BCUT2D eigenvalue weighted by Crippen LogP contribution is 2.21. The smallest absolute Gasteiger partial charge is 0.338 e. The highest BCUT2D eigenvalue weighted by Gasteiger charge is 2.12. The predicted molar refractivity (Wildman–Crippen MR) is 138 cm³/mol. The lowest BCUT2D eigenvalue weighted by Crippen LogP contribution is -2.21. The lowest BCUT2D eigenvalue weighted by molar-refractivity contribution is -0.119. The van der Waals surface area contributed by atoms with Gasteiger partial charge in [0.25, 0.3) is 11.8 Å². The molecule has 1 unspecified atom stereocenters. The number of carbonyl (C=O) groups is 3. The molecule has 0 saturated carbocycles. The van der Waals surface area contributed by atoms with Crippen LogP contribution in [0.5, 0.6) is 11.5 Å². The van der Waals surface area contributed by atoms with Gasteiger partial charge in [0, 0.05) is 17.4 Å². The molecule has 8 heteroatoms. The number of esters is 1. The molecule has 8 nitrogen and oxygen atoms in total. The van der Waals surface area contributed by atoms with Gasteiger partial charge in [-0.3, -0.25) is 9.59 Å². The number of nitrogens with one attached hydrogen (secondary N) is 2. The molecule has 0 aliphatic heterocycles. The zero-order chi connectivity index (χ0) is 25.9. The summed E-state index contributed by atoms with van der Waals surface area (Å²) in [6.07, 6.45) is 1.04. The normalized spacial score (nSPS) is 11.2. The molecule has 0 saturated heterocycles. The summed E-state index contributed by atoms with van der Waals surface area (Å²) < 4.78 is 15.7. The standard InChI is InChI=1S/C28H30N2O6/c1-4-19(2)20-8-12-22(13-9-20)29-27(32)18-36-28(33)21-10-14-24(15-11-21)35-17-26(31)30-23-6-5-7-25(16-23)34-3/h5-16,19H,4,17-18H2,1-3H3,(H,29,32)(H,30,31). The van der Waals surface area contributed by atoms with E-state index in [1.54, 1.807) is 43.5 Å². The molecular weight excluding hydrogens is 460 g/mol. The molecule has 0 spiro atoms. The second kappa shape index (κ2) is 12.9. The first-order valence-electron chi connectivity index (χ1n) is 11.6. The minimum Gasteiger partial charge on any atom is -0.497 e. The van der Waals surface area contributed by atoms with Gasteiger partial charge in [-0.05, 0) is 66.4 Å². The van der Waals surface area contributed by atoms with E-state index in [0.717, 1.165) is 6.42 Å². The van der Waals surface area contributed by atoms with Crippen molar-refractivity contribution in [3.05, 3.63) is 83.9 Å². The lowest BCUT2D eigenvalue weighted by Gasteiger charge is -2.11. The van der Waals surface area contributed by atoms with E-state index in [1.807, 2.05) is 24.3 Å². The first-order valence-corrected chi connectivity index (χ1v) is 11.6. The predicted octanol–water partition coefficient (Wildman–Crippen LogP) is 5.02. The Morgan fingerprint density at radius 2 is 1.47 bits per heavy atom.